The average Bonchev–Trinajstić information content (AvgIpc) is 2.62. The van der Waals surface area contributed by atoms with Crippen LogP contribution >= 0.6 is 0 Å². The number of carbonyl (C=O) groups excluding carboxylic acids is 1. The number of nitrogens with zero attached hydrogens (tertiary/aromatic N) is 1. The van der Waals surface area contributed by atoms with Gasteiger partial charge in [0.15, 0.2) is 0 Å². The fraction of sp³-hybridized carbons (Fsp3) is 0.150. The number of hydrogen-bond acceptors (Lipinski definition) is 4. The molecule has 0 aliphatic heterocycles. The van der Waals surface area contributed by atoms with Crippen molar-refractivity contribution in [1.82, 2.24) is 10.3 Å². The number of benzene rings is 2. The molecule has 1 heterocycles. The Balaban J connectivity index is 2.11. The molecule has 1 atom stereocenters. The Kier molecular flexibility index (Phi) is 5.09. The highest BCUT2D eigenvalue weighted by Crippen LogP contribution is 2.27. The summed E-state index contributed by atoms with van der Waals surface area (Å²) >= 11 is 0. The van der Waals surface area contributed by atoms with Crippen molar-refractivity contribution >= 4 is 16.8 Å². The number of hydrogen-bond donors (Lipinski definition) is 3. The Morgan fingerprint density at radius 3 is 2.68 bits per heavy atom. The Morgan fingerprint density at radius 1 is 1.29 bits per heavy atom. The molecule has 142 valence electrons. The molecule has 0 aliphatic rings. The molecule has 3 aromatic rings. The topological polar surface area (TPSA) is 106 Å². The molecule has 3 N–H and O–H groups in total. The van der Waals surface area contributed by atoms with Crippen molar-refractivity contribution in [2.45, 2.75) is 19.4 Å². The first-order valence-electron chi connectivity index (χ1n) is 8.30. The third-order valence-corrected chi connectivity index (χ3v) is 4.33. The second-order valence-electron chi connectivity index (χ2n) is 6.28. The maximum Gasteiger partial charge on any atom is 0.251 e. The predicted octanol–water partition coefficient (Wildman–Crippen LogP) is 2.80. The third kappa shape index (κ3) is 3.69. The van der Waals surface area contributed by atoms with Gasteiger partial charge in [-0.1, -0.05) is 6.07 Å². The molecule has 0 aliphatic carbocycles. The second kappa shape index (κ2) is 7.48. The van der Waals surface area contributed by atoms with Crippen molar-refractivity contribution in [1.29, 1.82) is 5.26 Å². The van der Waals surface area contributed by atoms with E-state index in [-0.39, 0.29) is 28.9 Å². The lowest BCUT2D eigenvalue weighted by atomic mass is 9.97. The van der Waals surface area contributed by atoms with Gasteiger partial charge in [0.2, 0.25) is 5.91 Å². The van der Waals surface area contributed by atoms with Crippen LogP contribution in [0.3, 0.4) is 0 Å². The van der Waals surface area contributed by atoms with Crippen molar-refractivity contribution in [3.63, 3.8) is 0 Å². The smallest absolute Gasteiger partial charge is 0.251 e. The van der Waals surface area contributed by atoms with Crippen LogP contribution in [0.1, 0.15) is 29.7 Å². The first-order valence-corrected chi connectivity index (χ1v) is 8.30. The quantitative estimate of drug-likeness (QED) is 0.644. The molecule has 2 aromatic carbocycles. The van der Waals surface area contributed by atoms with Gasteiger partial charge in [-0.25, -0.2) is 8.78 Å². The molecule has 0 unspecified atom stereocenters. The lowest BCUT2D eigenvalue weighted by Crippen LogP contribution is -2.30. The summed E-state index contributed by atoms with van der Waals surface area (Å²) in [4.78, 5) is 26.6. The molecule has 0 saturated heterocycles. The van der Waals surface area contributed by atoms with Crippen LogP contribution in [0.4, 0.5) is 8.78 Å². The van der Waals surface area contributed by atoms with E-state index < -0.39 is 29.1 Å². The van der Waals surface area contributed by atoms with Crippen molar-refractivity contribution in [3.8, 4) is 11.8 Å². The molecule has 6 nitrogen and oxygen atoms in total. The number of fused-ring (bicyclic) bond motifs is 1. The molecule has 1 amide bonds. The van der Waals surface area contributed by atoms with E-state index in [1.54, 1.807) is 0 Å². The molecule has 8 heteroatoms. The third-order valence-electron chi connectivity index (χ3n) is 4.33. The number of rotatable bonds is 4. The number of halogens is 2. The van der Waals surface area contributed by atoms with E-state index in [2.05, 4.69) is 10.3 Å². The van der Waals surface area contributed by atoms with Gasteiger partial charge in [-0.3, -0.25) is 9.59 Å². The molecule has 0 bridgehead atoms. The highest BCUT2D eigenvalue weighted by molar-refractivity contribution is 5.87. The normalized spacial score (nSPS) is 11.8. The van der Waals surface area contributed by atoms with E-state index in [0.717, 1.165) is 6.07 Å². The standard InChI is InChI=1S/C20H15F2N3O3/c1-10(26)24-18(13-3-2-12(21)8-16(13)22)7-11-6-14-15(9-23)19(27)5-4-17(14)25-20(11)28/h2-6,8,18,27H,7H2,1H3,(H,24,26)(H,25,28)/t18-/m0/s1. The maximum atomic E-state index is 14.2. The van der Waals surface area contributed by atoms with E-state index in [4.69, 9.17) is 0 Å². The Hall–Kier alpha value is -3.73. The van der Waals surface area contributed by atoms with Gasteiger partial charge in [0.25, 0.3) is 5.56 Å². The number of phenols is 1. The second-order valence-corrected chi connectivity index (χ2v) is 6.28. The molecule has 28 heavy (non-hydrogen) atoms. The van der Waals surface area contributed by atoms with Gasteiger partial charge in [0, 0.05) is 41.4 Å². The zero-order valence-electron chi connectivity index (χ0n) is 14.7. The minimum atomic E-state index is -0.931. The molecular formula is C20H15F2N3O3. The van der Waals surface area contributed by atoms with Crippen molar-refractivity contribution < 1.29 is 18.7 Å². The number of aromatic nitrogens is 1. The zero-order chi connectivity index (χ0) is 20.4. The van der Waals surface area contributed by atoms with Crippen LogP contribution in [0.2, 0.25) is 0 Å². The van der Waals surface area contributed by atoms with Crippen molar-refractivity contribution in [2.75, 3.05) is 0 Å². The van der Waals surface area contributed by atoms with E-state index >= 15 is 0 Å². The average molecular weight is 383 g/mol. The van der Waals surface area contributed by atoms with Crippen LogP contribution in [-0.4, -0.2) is 16.0 Å². The summed E-state index contributed by atoms with van der Waals surface area (Å²) in [5.74, 6) is -2.32. The van der Waals surface area contributed by atoms with Crippen LogP contribution in [0, 0.1) is 23.0 Å². The predicted molar refractivity (Wildman–Crippen MR) is 97.6 cm³/mol. The molecule has 3 rings (SSSR count). The zero-order valence-corrected chi connectivity index (χ0v) is 14.7. The SMILES string of the molecule is CC(=O)N[C@@H](Cc1cc2c(C#N)c(O)ccc2[nH]c1=O)c1ccc(F)cc1F. The Morgan fingerprint density at radius 2 is 2.04 bits per heavy atom. The van der Waals surface area contributed by atoms with Crippen LogP contribution in [0.15, 0.2) is 41.2 Å². The fourth-order valence-corrected chi connectivity index (χ4v) is 3.07. The van der Waals surface area contributed by atoms with Gasteiger partial charge >= 0.3 is 0 Å². The number of aromatic amines is 1. The lowest BCUT2D eigenvalue weighted by Gasteiger charge is -2.19. The largest absolute Gasteiger partial charge is 0.507 e. The number of aromatic hydroxyl groups is 1. The number of H-pyrrole nitrogens is 1. The molecular weight excluding hydrogens is 368 g/mol. The first kappa shape index (κ1) is 19.0. The number of nitrogens with one attached hydrogen (secondary N) is 2. The molecule has 0 saturated carbocycles. The van der Waals surface area contributed by atoms with E-state index in [1.165, 1.54) is 31.2 Å². The van der Waals surface area contributed by atoms with Crippen LogP contribution in [-0.2, 0) is 11.2 Å². The Labute approximate surface area is 158 Å². The van der Waals surface area contributed by atoms with Gasteiger partial charge < -0.3 is 15.4 Å². The van der Waals surface area contributed by atoms with Gasteiger partial charge in [-0.05, 0) is 24.3 Å². The first-order chi connectivity index (χ1) is 13.3. The number of pyridine rings is 1. The van der Waals surface area contributed by atoms with E-state index in [9.17, 15) is 28.7 Å². The van der Waals surface area contributed by atoms with Gasteiger partial charge in [-0.2, -0.15) is 5.26 Å². The molecule has 0 spiro atoms. The summed E-state index contributed by atoms with van der Waals surface area (Å²) < 4.78 is 27.4. The minimum Gasteiger partial charge on any atom is -0.507 e. The maximum absolute atomic E-state index is 14.2. The summed E-state index contributed by atoms with van der Waals surface area (Å²) in [6.45, 7) is 1.24. The molecule has 1 aromatic heterocycles. The number of carbonyl (C=O) groups is 1. The lowest BCUT2D eigenvalue weighted by molar-refractivity contribution is -0.119. The van der Waals surface area contributed by atoms with Crippen LogP contribution < -0.4 is 10.9 Å². The van der Waals surface area contributed by atoms with Crippen molar-refractivity contribution in [3.05, 3.63) is 75.1 Å². The Bertz CT molecular complexity index is 1180. The van der Waals surface area contributed by atoms with Gasteiger partial charge in [0.05, 0.1) is 6.04 Å². The highest BCUT2D eigenvalue weighted by atomic mass is 19.1. The highest BCUT2D eigenvalue weighted by Gasteiger charge is 2.20. The fourth-order valence-electron chi connectivity index (χ4n) is 3.07. The molecule has 0 fully saturated rings. The van der Waals surface area contributed by atoms with E-state index in [0.29, 0.717) is 17.0 Å². The van der Waals surface area contributed by atoms with Crippen molar-refractivity contribution in [2.24, 2.45) is 0 Å². The monoisotopic (exact) mass is 383 g/mol. The molecule has 0 radical (unpaired) electrons. The summed E-state index contributed by atoms with van der Waals surface area (Å²) in [6.07, 6.45) is -0.103. The minimum absolute atomic E-state index is 0.0148. The number of nitriles is 1. The van der Waals surface area contributed by atoms with E-state index in [1.807, 2.05) is 6.07 Å². The van der Waals surface area contributed by atoms with Gasteiger partial charge in [-0.15, -0.1) is 0 Å². The van der Waals surface area contributed by atoms with Gasteiger partial charge in [0.1, 0.15) is 29.0 Å². The summed E-state index contributed by atoms with van der Waals surface area (Å²) in [6, 6.07) is 8.07. The summed E-state index contributed by atoms with van der Waals surface area (Å²) in [5.41, 5.74) is 0.0377. The summed E-state index contributed by atoms with van der Waals surface area (Å²) in [5, 5.41) is 22.0. The number of phenolic OH excluding ortho intramolecular Hbond substituents is 1. The van der Waals surface area contributed by atoms with Crippen LogP contribution in [0.25, 0.3) is 10.9 Å². The number of amides is 1. The summed E-state index contributed by atoms with van der Waals surface area (Å²) in [7, 11) is 0. The van der Waals surface area contributed by atoms with Crippen LogP contribution in [0.5, 0.6) is 5.75 Å².